The van der Waals surface area contributed by atoms with Gasteiger partial charge in [0.05, 0.1) is 12.6 Å². The van der Waals surface area contributed by atoms with Crippen molar-refractivity contribution in [1.82, 2.24) is 10.2 Å². The number of hydrogen-bond acceptors (Lipinski definition) is 4. The van der Waals surface area contributed by atoms with Gasteiger partial charge in [-0.05, 0) is 37.7 Å². The van der Waals surface area contributed by atoms with Crippen molar-refractivity contribution in [2.24, 2.45) is 11.7 Å². The number of amides is 2. The molecule has 0 saturated heterocycles. The van der Waals surface area contributed by atoms with Crippen LogP contribution in [-0.4, -0.2) is 43.4 Å². The van der Waals surface area contributed by atoms with Gasteiger partial charge in [0.2, 0.25) is 11.8 Å². The smallest absolute Gasteiger partial charge is 0.243 e. The van der Waals surface area contributed by atoms with Crippen LogP contribution < -0.4 is 16.4 Å². The maximum absolute atomic E-state index is 11.9. The molecule has 0 heterocycles. The molecule has 0 aliphatic rings. The third-order valence-corrected chi connectivity index (χ3v) is 3.15. The maximum Gasteiger partial charge on any atom is 0.243 e. The van der Waals surface area contributed by atoms with E-state index in [1.807, 2.05) is 52.2 Å². The Kier molecular flexibility index (Phi) is 12.5. The van der Waals surface area contributed by atoms with E-state index < -0.39 is 6.04 Å². The van der Waals surface area contributed by atoms with E-state index in [-0.39, 0.29) is 49.1 Å². The van der Waals surface area contributed by atoms with Crippen LogP contribution in [-0.2, 0) is 16.1 Å². The predicted molar refractivity (Wildman–Crippen MR) is 103 cm³/mol. The second kappa shape index (κ2) is 12.1. The molecule has 0 bridgehead atoms. The standard InChI is InChI=1S/C16H26N4O2.2ClH/c1-11(2)15(17)16(22)18-9-14(21)19-13-7-5-6-12(8-13)10-20(3)4;;/h5-8,11,15H,9-10,17H2,1-4H3,(H,18,22)(H,19,21);2*1H/t15-;;/m0../s1. The third-order valence-electron chi connectivity index (χ3n) is 3.15. The first kappa shape index (κ1) is 24.9. The summed E-state index contributed by atoms with van der Waals surface area (Å²) < 4.78 is 0. The molecular weight excluding hydrogens is 351 g/mol. The molecule has 0 fully saturated rings. The first-order valence-corrected chi connectivity index (χ1v) is 7.36. The predicted octanol–water partition coefficient (Wildman–Crippen LogP) is 1.63. The molecule has 1 atom stereocenters. The van der Waals surface area contributed by atoms with Crippen LogP contribution in [0.25, 0.3) is 0 Å². The zero-order chi connectivity index (χ0) is 16.7. The number of carbonyl (C=O) groups excluding carboxylic acids is 2. The largest absolute Gasteiger partial charge is 0.346 e. The summed E-state index contributed by atoms with van der Waals surface area (Å²) in [6.45, 7) is 4.43. The number of halogens is 2. The van der Waals surface area contributed by atoms with Crippen LogP contribution >= 0.6 is 24.8 Å². The fraction of sp³-hybridized carbons (Fsp3) is 0.500. The van der Waals surface area contributed by atoms with Crippen molar-refractivity contribution in [1.29, 1.82) is 0 Å². The van der Waals surface area contributed by atoms with Crippen LogP contribution in [0, 0.1) is 5.92 Å². The van der Waals surface area contributed by atoms with E-state index >= 15 is 0 Å². The Balaban J connectivity index is 0. The van der Waals surface area contributed by atoms with Gasteiger partial charge < -0.3 is 21.3 Å². The van der Waals surface area contributed by atoms with Gasteiger partial charge in [-0.3, -0.25) is 9.59 Å². The van der Waals surface area contributed by atoms with E-state index in [2.05, 4.69) is 15.5 Å². The fourth-order valence-corrected chi connectivity index (χ4v) is 1.91. The van der Waals surface area contributed by atoms with Crippen LogP contribution in [0.2, 0.25) is 0 Å². The number of nitrogens with one attached hydrogen (secondary N) is 2. The zero-order valence-corrected chi connectivity index (χ0v) is 16.2. The number of nitrogens with zero attached hydrogens (tertiary/aromatic N) is 1. The molecule has 8 heteroatoms. The van der Waals surface area contributed by atoms with Crippen molar-refractivity contribution in [3.63, 3.8) is 0 Å². The van der Waals surface area contributed by atoms with Crippen molar-refractivity contribution in [2.75, 3.05) is 26.0 Å². The third kappa shape index (κ3) is 9.08. The topological polar surface area (TPSA) is 87.5 Å². The Morgan fingerprint density at radius 1 is 1.21 bits per heavy atom. The minimum Gasteiger partial charge on any atom is -0.346 e. The minimum atomic E-state index is -0.601. The van der Waals surface area contributed by atoms with Crippen LogP contribution in [0.1, 0.15) is 19.4 Å². The summed E-state index contributed by atoms with van der Waals surface area (Å²) in [6, 6.07) is 7.02. The van der Waals surface area contributed by atoms with Gasteiger partial charge in [0, 0.05) is 12.2 Å². The highest BCUT2D eigenvalue weighted by Gasteiger charge is 2.17. The van der Waals surface area contributed by atoms with Gasteiger partial charge in [0.1, 0.15) is 0 Å². The Morgan fingerprint density at radius 3 is 2.38 bits per heavy atom. The second-order valence-corrected chi connectivity index (χ2v) is 5.97. The highest BCUT2D eigenvalue weighted by molar-refractivity contribution is 5.95. The molecule has 0 aliphatic carbocycles. The van der Waals surface area contributed by atoms with Crippen molar-refractivity contribution in [3.8, 4) is 0 Å². The molecule has 138 valence electrons. The lowest BCUT2D eigenvalue weighted by Gasteiger charge is -2.15. The van der Waals surface area contributed by atoms with Crippen LogP contribution in [0.3, 0.4) is 0 Å². The molecule has 1 aromatic carbocycles. The van der Waals surface area contributed by atoms with Gasteiger partial charge in [-0.15, -0.1) is 24.8 Å². The number of nitrogens with two attached hydrogens (primary N) is 1. The Morgan fingerprint density at radius 2 is 1.83 bits per heavy atom. The number of carbonyl (C=O) groups is 2. The van der Waals surface area contributed by atoms with Crippen LogP contribution in [0.5, 0.6) is 0 Å². The van der Waals surface area contributed by atoms with Gasteiger partial charge in [0.25, 0.3) is 0 Å². The van der Waals surface area contributed by atoms with Gasteiger partial charge in [-0.25, -0.2) is 0 Å². The molecule has 1 rings (SSSR count). The van der Waals surface area contributed by atoms with Crippen molar-refractivity contribution in [2.45, 2.75) is 26.4 Å². The van der Waals surface area contributed by atoms with Gasteiger partial charge in [0.15, 0.2) is 0 Å². The Hall–Kier alpha value is -1.34. The van der Waals surface area contributed by atoms with E-state index in [0.717, 1.165) is 12.1 Å². The van der Waals surface area contributed by atoms with Crippen molar-refractivity contribution < 1.29 is 9.59 Å². The highest BCUT2D eigenvalue weighted by atomic mass is 35.5. The molecule has 0 spiro atoms. The summed E-state index contributed by atoms with van der Waals surface area (Å²) in [5.41, 5.74) is 7.54. The Bertz CT molecular complexity index is 525. The molecular formula is C16H28Cl2N4O2. The normalized spacial score (nSPS) is 11.3. The molecule has 4 N–H and O–H groups in total. The molecule has 1 aromatic rings. The quantitative estimate of drug-likeness (QED) is 0.672. The van der Waals surface area contributed by atoms with Gasteiger partial charge in [-0.2, -0.15) is 0 Å². The monoisotopic (exact) mass is 378 g/mol. The summed E-state index contributed by atoms with van der Waals surface area (Å²) in [4.78, 5) is 25.6. The molecule has 24 heavy (non-hydrogen) atoms. The summed E-state index contributed by atoms with van der Waals surface area (Å²) >= 11 is 0. The molecule has 0 aliphatic heterocycles. The lowest BCUT2D eigenvalue weighted by molar-refractivity contribution is -0.125. The van der Waals surface area contributed by atoms with Crippen LogP contribution in [0.15, 0.2) is 24.3 Å². The first-order valence-electron chi connectivity index (χ1n) is 7.36. The lowest BCUT2D eigenvalue weighted by atomic mass is 10.1. The van der Waals surface area contributed by atoms with Crippen molar-refractivity contribution >= 4 is 42.3 Å². The minimum absolute atomic E-state index is 0. The summed E-state index contributed by atoms with van der Waals surface area (Å²) in [5.74, 6) is -0.552. The summed E-state index contributed by atoms with van der Waals surface area (Å²) in [7, 11) is 3.97. The van der Waals surface area contributed by atoms with Crippen LogP contribution in [0.4, 0.5) is 5.69 Å². The molecule has 0 aromatic heterocycles. The number of anilines is 1. The molecule has 0 unspecified atom stereocenters. The van der Waals surface area contributed by atoms with E-state index in [1.54, 1.807) is 0 Å². The van der Waals surface area contributed by atoms with E-state index in [0.29, 0.717) is 5.69 Å². The van der Waals surface area contributed by atoms with Gasteiger partial charge in [-0.1, -0.05) is 26.0 Å². The summed E-state index contributed by atoms with van der Waals surface area (Å²) in [5, 5.41) is 5.31. The second-order valence-electron chi connectivity index (χ2n) is 5.97. The fourth-order valence-electron chi connectivity index (χ4n) is 1.91. The first-order chi connectivity index (χ1) is 10.3. The Labute approximate surface area is 156 Å². The molecule has 2 amide bonds. The SMILES string of the molecule is CC(C)[C@H](N)C(=O)NCC(=O)Nc1cccc(CN(C)C)c1.Cl.Cl. The van der Waals surface area contributed by atoms with Gasteiger partial charge >= 0.3 is 0 Å². The number of hydrogen-bond donors (Lipinski definition) is 3. The highest BCUT2D eigenvalue weighted by Crippen LogP contribution is 2.11. The molecule has 6 nitrogen and oxygen atoms in total. The van der Waals surface area contributed by atoms with Crippen molar-refractivity contribution in [3.05, 3.63) is 29.8 Å². The maximum atomic E-state index is 11.9. The number of benzene rings is 1. The average Bonchev–Trinajstić information content (AvgIpc) is 2.43. The molecule has 0 radical (unpaired) electrons. The number of rotatable bonds is 7. The average molecular weight is 379 g/mol. The van der Waals surface area contributed by atoms with E-state index in [4.69, 9.17) is 5.73 Å². The summed E-state index contributed by atoms with van der Waals surface area (Å²) in [6.07, 6.45) is 0. The zero-order valence-electron chi connectivity index (χ0n) is 14.5. The molecule has 0 saturated carbocycles. The van der Waals surface area contributed by atoms with E-state index in [1.165, 1.54) is 0 Å². The van der Waals surface area contributed by atoms with E-state index in [9.17, 15) is 9.59 Å². The lowest BCUT2D eigenvalue weighted by Crippen LogP contribution is -2.46.